The summed E-state index contributed by atoms with van der Waals surface area (Å²) in [4.78, 5) is 12.0. The van der Waals surface area contributed by atoms with Crippen molar-refractivity contribution >= 4 is 27.5 Å². The van der Waals surface area contributed by atoms with Crippen molar-refractivity contribution in [3.05, 3.63) is 64.1 Å². The van der Waals surface area contributed by atoms with Gasteiger partial charge in [-0.3, -0.25) is 4.79 Å². The number of hydrogen-bond donors (Lipinski definition) is 2. The number of para-hydroxylation sites is 1. The molecule has 0 aliphatic heterocycles. The average Bonchev–Trinajstić information content (AvgIpc) is 2.49. The lowest BCUT2D eigenvalue weighted by Gasteiger charge is -2.07. The van der Waals surface area contributed by atoms with E-state index in [1.165, 1.54) is 0 Å². The van der Waals surface area contributed by atoms with E-state index in [1.54, 1.807) is 36.4 Å². The number of aromatic hydroxyl groups is 1. The third-order valence-electron chi connectivity index (χ3n) is 2.93. The van der Waals surface area contributed by atoms with Crippen molar-refractivity contribution in [3.8, 4) is 5.75 Å². The number of amides is 1. The molecular weight excluding hydrogens is 332 g/mol. The molecule has 21 heavy (non-hydrogen) atoms. The second-order valence-corrected chi connectivity index (χ2v) is 5.30. The van der Waals surface area contributed by atoms with E-state index in [1.807, 2.05) is 19.1 Å². The van der Waals surface area contributed by atoms with Gasteiger partial charge in [-0.1, -0.05) is 41.1 Å². The van der Waals surface area contributed by atoms with Crippen molar-refractivity contribution in [3.63, 3.8) is 0 Å². The van der Waals surface area contributed by atoms with Crippen LogP contribution in [-0.4, -0.2) is 16.7 Å². The summed E-state index contributed by atoms with van der Waals surface area (Å²) < 4.78 is 0.829. The number of rotatable bonds is 4. The minimum atomic E-state index is -0.294. The van der Waals surface area contributed by atoms with Crippen LogP contribution in [-0.2, 0) is 0 Å². The van der Waals surface area contributed by atoms with E-state index in [-0.39, 0.29) is 11.7 Å². The fourth-order valence-corrected chi connectivity index (χ4v) is 2.26. The molecule has 4 nitrogen and oxygen atoms in total. The SMILES string of the molecule is CCC(=NNC(=O)c1cccc(Br)c1)c1ccccc1O. The summed E-state index contributed by atoms with van der Waals surface area (Å²) in [5.41, 5.74) is 4.28. The molecule has 2 aromatic rings. The molecule has 0 aromatic heterocycles. The molecule has 2 aromatic carbocycles. The maximum Gasteiger partial charge on any atom is 0.271 e. The lowest BCUT2D eigenvalue weighted by Crippen LogP contribution is -2.20. The fraction of sp³-hybridized carbons (Fsp3) is 0.125. The minimum Gasteiger partial charge on any atom is -0.507 e. The molecule has 2 N–H and O–H groups in total. The van der Waals surface area contributed by atoms with Gasteiger partial charge in [0, 0.05) is 15.6 Å². The van der Waals surface area contributed by atoms with Crippen molar-refractivity contribution in [1.82, 2.24) is 5.43 Å². The van der Waals surface area contributed by atoms with Crippen LogP contribution in [0.2, 0.25) is 0 Å². The highest BCUT2D eigenvalue weighted by molar-refractivity contribution is 9.10. The molecule has 0 unspecified atom stereocenters. The Balaban J connectivity index is 2.19. The molecule has 0 atom stereocenters. The molecule has 0 fully saturated rings. The lowest BCUT2D eigenvalue weighted by molar-refractivity contribution is 0.0954. The van der Waals surface area contributed by atoms with Crippen LogP contribution < -0.4 is 5.43 Å². The number of benzene rings is 2. The minimum absolute atomic E-state index is 0.148. The topological polar surface area (TPSA) is 61.7 Å². The van der Waals surface area contributed by atoms with E-state index in [9.17, 15) is 9.90 Å². The van der Waals surface area contributed by atoms with Crippen molar-refractivity contribution < 1.29 is 9.90 Å². The van der Waals surface area contributed by atoms with Gasteiger partial charge in [-0.05, 0) is 36.8 Å². The molecule has 0 radical (unpaired) electrons. The molecule has 0 spiro atoms. The van der Waals surface area contributed by atoms with E-state index < -0.39 is 0 Å². The number of hydrogen-bond acceptors (Lipinski definition) is 3. The Morgan fingerprint density at radius 2 is 2.00 bits per heavy atom. The summed E-state index contributed by atoms with van der Waals surface area (Å²) >= 11 is 3.32. The molecule has 0 saturated carbocycles. The van der Waals surface area contributed by atoms with Gasteiger partial charge < -0.3 is 5.11 Å². The Labute approximate surface area is 131 Å². The van der Waals surface area contributed by atoms with Gasteiger partial charge in [0.1, 0.15) is 5.75 Å². The largest absolute Gasteiger partial charge is 0.507 e. The van der Waals surface area contributed by atoms with Crippen LogP contribution in [0.5, 0.6) is 5.75 Å². The molecule has 1 amide bonds. The molecule has 2 rings (SSSR count). The first-order chi connectivity index (χ1) is 10.1. The Morgan fingerprint density at radius 1 is 1.24 bits per heavy atom. The van der Waals surface area contributed by atoms with Crippen molar-refractivity contribution in [2.45, 2.75) is 13.3 Å². The Hall–Kier alpha value is -2.14. The quantitative estimate of drug-likeness (QED) is 0.654. The van der Waals surface area contributed by atoms with Crippen LogP contribution in [0.1, 0.15) is 29.3 Å². The number of halogens is 1. The zero-order valence-electron chi connectivity index (χ0n) is 11.5. The number of carbonyl (C=O) groups excluding carboxylic acids is 1. The fourth-order valence-electron chi connectivity index (χ4n) is 1.86. The predicted molar refractivity (Wildman–Crippen MR) is 86.5 cm³/mol. The number of phenols is 1. The highest BCUT2D eigenvalue weighted by atomic mass is 79.9. The summed E-state index contributed by atoms with van der Waals surface area (Å²) in [6.07, 6.45) is 0.594. The standard InChI is InChI=1S/C16H15BrN2O2/c1-2-14(13-8-3-4-9-15(13)20)18-19-16(21)11-6-5-7-12(17)10-11/h3-10,20H,2H2,1H3,(H,19,21). The summed E-state index contributed by atoms with van der Waals surface area (Å²) in [5, 5.41) is 14.0. The monoisotopic (exact) mass is 346 g/mol. The van der Waals surface area contributed by atoms with E-state index >= 15 is 0 Å². The number of nitrogens with zero attached hydrogens (tertiary/aromatic N) is 1. The van der Waals surface area contributed by atoms with Gasteiger partial charge in [-0.2, -0.15) is 5.10 Å². The first-order valence-electron chi connectivity index (χ1n) is 6.52. The summed E-state index contributed by atoms with van der Waals surface area (Å²) in [5.74, 6) is -0.146. The molecule has 0 bridgehead atoms. The number of nitrogens with one attached hydrogen (secondary N) is 1. The van der Waals surface area contributed by atoms with Gasteiger partial charge in [-0.25, -0.2) is 5.43 Å². The zero-order valence-corrected chi connectivity index (χ0v) is 13.1. The molecule has 0 saturated heterocycles. The highest BCUT2D eigenvalue weighted by Crippen LogP contribution is 2.18. The first-order valence-corrected chi connectivity index (χ1v) is 7.32. The van der Waals surface area contributed by atoms with Gasteiger partial charge in [0.25, 0.3) is 5.91 Å². The van der Waals surface area contributed by atoms with Crippen LogP contribution in [0.4, 0.5) is 0 Å². The Morgan fingerprint density at radius 3 is 2.67 bits per heavy atom. The number of hydrazone groups is 1. The Bertz CT molecular complexity index is 683. The van der Waals surface area contributed by atoms with Gasteiger partial charge in [0.05, 0.1) is 5.71 Å². The number of phenolic OH excluding ortho intramolecular Hbond substituents is 1. The summed E-state index contributed by atoms with van der Waals surface area (Å²) in [6, 6.07) is 14.0. The smallest absolute Gasteiger partial charge is 0.271 e. The van der Waals surface area contributed by atoms with E-state index in [2.05, 4.69) is 26.5 Å². The third-order valence-corrected chi connectivity index (χ3v) is 3.42. The maximum absolute atomic E-state index is 12.0. The van der Waals surface area contributed by atoms with Crippen molar-refractivity contribution in [2.24, 2.45) is 5.10 Å². The van der Waals surface area contributed by atoms with Gasteiger partial charge >= 0.3 is 0 Å². The predicted octanol–water partition coefficient (Wildman–Crippen LogP) is 3.70. The van der Waals surface area contributed by atoms with Crippen LogP contribution >= 0.6 is 15.9 Å². The molecule has 0 heterocycles. The molecule has 108 valence electrons. The van der Waals surface area contributed by atoms with Crippen LogP contribution in [0, 0.1) is 0 Å². The number of carbonyl (C=O) groups is 1. The zero-order chi connectivity index (χ0) is 15.2. The second-order valence-electron chi connectivity index (χ2n) is 4.38. The van der Waals surface area contributed by atoms with E-state index in [4.69, 9.17) is 0 Å². The summed E-state index contributed by atoms with van der Waals surface area (Å²) in [6.45, 7) is 1.91. The normalized spacial score (nSPS) is 11.2. The van der Waals surface area contributed by atoms with Crippen molar-refractivity contribution in [1.29, 1.82) is 0 Å². The van der Waals surface area contributed by atoms with Gasteiger partial charge in [-0.15, -0.1) is 0 Å². The maximum atomic E-state index is 12.0. The van der Waals surface area contributed by atoms with Gasteiger partial charge in [0.15, 0.2) is 0 Å². The van der Waals surface area contributed by atoms with E-state index in [0.29, 0.717) is 23.3 Å². The molecular formula is C16H15BrN2O2. The Kier molecular flexibility index (Phi) is 5.11. The third kappa shape index (κ3) is 3.92. The van der Waals surface area contributed by atoms with Gasteiger partial charge in [0.2, 0.25) is 0 Å². The second kappa shape index (κ2) is 7.04. The molecule has 0 aliphatic carbocycles. The lowest BCUT2D eigenvalue weighted by atomic mass is 10.1. The first kappa shape index (κ1) is 15.3. The van der Waals surface area contributed by atoms with Crippen LogP contribution in [0.15, 0.2) is 58.1 Å². The van der Waals surface area contributed by atoms with E-state index in [0.717, 1.165) is 4.47 Å². The van der Waals surface area contributed by atoms with Crippen molar-refractivity contribution in [2.75, 3.05) is 0 Å². The molecule has 0 aliphatic rings. The molecule has 5 heteroatoms. The van der Waals surface area contributed by atoms with Crippen LogP contribution in [0.3, 0.4) is 0 Å². The highest BCUT2D eigenvalue weighted by Gasteiger charge is 2.09. The average molecular weight is 347 g/mol. The summed E-state index contributed by atoms with van der Waals surface area (Å²) in [7, 11) is 0. The van der Waals surface area contributed by atoms with Crippen LogP contribution in [0.25, 0.3) is 0 Å².